The second-order valence-electron chi connectivity index (χ2n) is 4.47. The van der Waals surface area contributed by atoms with Crippen LogP contribution < -0.4 is 11.5 Å². The molecule has 1 amide bonds. The van der Waals surface area contributed by atoms with Crippen LogP contribution in [0.25, 0.3) is 0 Å². The lowest BCUT2D eigenvalue weighted by Crippen LogP contribution is -2.27. The van der Waals surface area contributed by atoms with Crippen LogP contribution in [0.3, 0.4) is 0 Å². The molecule has 1 aliphatic heterocycles. The Balaban J connectivity index is 2.02. The molecule has 1 fully saturated rings. The Bertz CT molecular complexity index is 436. The fourth-order valence-electron chi connectivity index (χ4n) is 2.16. The average Bonchev–Trinajstić information content (AvgIpc) is 2.72. The van der Waals surface area contributed by atoms with Crippen LogP contribution in [0.2, 0.25) is 0 Å². The molecule has 4 nitrogen and oxygen atoms in total. The minimum atomic E-state index is -0.292. The first kappa shape index (κ1) is 11.9. The maximum Gasteiger partial charge on any atom is 0.221 e. The van der Waals surface area contributed by atoms with Gasteiger partial charge in [0.05, 0.1) is 5.92 Å². The van der Waals surface area contributed by atoms with E-state index in [1.807, 2.05) is 0 Å². The van der Waals surface area contributed by atoms with E-state index >= 15 is 0 Å². The Morgan fingerprint density at radius 1 is 1.53 bits per heavy atom. The van der Waals surface area contributed by atoms with Gasteiger partial charge < -0.3 is 11.5 Å². The van der Waals surface area contributed by atoms with Crippen molar-refractivity contribution in [3.05, 3.63) is 29.6 Å². The highest BCUT2D eigenvalue weighted by molar-refractivity contribution is 5.77. The molecule has 2 rings (SSSR count). The van der Waals surface area contributed by atoms with E-state index in [0.29, 0.717) is 18.8 Å². The minimum Gasteiger partial charge on any atom is -0.398 e. The van der Waals surface area contributed by atoms with Crippen molar-refractivity contribution in [2.75, 3.05) is 18.8 Å². The lowest BCUT2D eigenvalue weighted by Gasteiger charge is -2.16. The molecule has 0 spiro atoms. The molecule has 0 aliphatic carbocycles. The van der Waals surface area contributed by atoms with Crippen LogP contribution in [0.5, 0.6) is 0 Å². The molecule has 0 saturated carbocycles. The number of hydrogen-bond acceptors (Lipinski definition) is 3. The minimum absolute atomic E-state index is 0.0928. The number of primary amides is 1. The van der Waals surface area contributed by atoms with Crippen LogP contribution in [0.4, 0.5) is 10.1 Å². The third-order valence-electron chi connectivity index (χ3n) is 3.17. The summed E-state index contributed by atoms with van der Waals surface area (Å²) < 4.78 is 13.1. The number of carbonyl (C=O) groups excluding carboxylic acids is 1. The summed E-state index contributed by atoms with van der Waals surface area (Å²) in [5.74, 6) is -0.649. The number of anilines is 1. The van der Waals surface area contributed by atoms with Crippen molar-refractivity contribution >= 4 is 11.6 Å². The van der Waals surface area contributed by atoms with Crippen LogP contribution in [0.15, 0.2) is 18.2 Å². The smallest absolute Gasteiger partial charge is 0.221 e. The second-order valence-corrected chi connectivity index (χ2v) is 4.47. The molecule has 1 aliphatic rings. The number of nitrogens with two attached hydrogens (primary N) is 2. The summed E-state index contributed by atoms with van der Waals surface area (Å²) >= 11 is 0. The van der Waals surface area contributed by atoms with Gasteiger partial charge in [-0.1, -0.05) is 0 Å². The van der Waals surface area contributed by atoms with Gasteiger partial charge in [0.1, 0.15) is 5.82 Å². The van der Waals surface area contributed by atoms with Crippen LogP contribution in [0, 0.1) is 11.7 Å². The van der Waals surface area contributed by atoms with Crippen LogP contribution >= 0.6 is 0 Å². The van der Waals surface area contributed by atoms with E-state index < -0.39 is 0 Å². The highest BCUT2D eigenvalue weighted by Crippen LogP contribution is 2.21. The van der Waals surface area contributed by atoms with E-state index in [1.165, 1.54) is 12.1 Å². The second kappa shape index (κ2) is 4.71. The van der Waals surface area contributed by atoms with Gasteiger partial charge in [-0.05, 0) is 36.7 Å². The molecule has 4 N–H and O–H groups in total. The number of nitrogens with zero attached hydrogens (tertiary/aromatic N) is 1. The zero-order valence-electron chi connectivity index (χ0n) is 9.53. The molecule has 0 radical (unpaired) electrons. The summed E-state index contributed by atoms with van der Waals surface area (Å²) in [4.78, 5) is 13.1. The number of amides is 1. The molecule has 0 aromatic heterocycles. The Morgan fingerprint density at radius 3 is 2.94 bits per heavy atom. The van der Waals surface area contributed by atoms with Crippen molar-refractivity contribution in [1.29, 1.82) is 0 Å². The monoisotopic (exact) mass is 237 g/mol. The number of benzene rings is 1. The maximum atomic E-state index is 13.1. The topological polar surface area (TPSA) is 72.4 Å². The predicted molar refractivity (Wildman–Crippen MR) is 63.4 cm³/mol. The van der Waals surface area contributed by atoms with E-state index in [4.69, 9.17) is 11.5 Å². The van der Waals surface area contributed by atoms with Gasteiger partial charge in [0, 0.05) is 18.8 Å². The van der Waals surface area contributed by atoms with Gasteiger partial charge >= 0.3 is 0 Å². The van der Waals surface area contributed by atoms with E-state index in [1.54, 1.807) is 6.07 Å². The molecule has 17 heavy (non-hydrogen) atoms. The number of nitrogen functional groups attached to an aromatic ring is 1. The van der Waals surface area contributed by atoms with Crippen molar-refractivity contribution in [2.45, 2.75) is 13.0 Å². The van der Waals surface area contributed by atoms with Gasteiger partial charge in [0.15, 0.2) is 0 Å². The van der Waals surface area contributed by atoms with E-state index in [2.05, 4.69) is 4.90 Å². The molecule has 1 saturated heterocycles. The third kappa shape index (κ3) is 2.74. The number of hydrogen-bond donors (Lipinski definition) is 2. The summed E-state index contributed by atoms with van der Waals surface area (Å²) in [5.41, 5.74) is 12.4. The van der Waals surface area contributed by atoms with E-state index in [-0.39, 0.29) is 17.6 Å². The molecule has 1 heterocycles. The zero-order valence-corrected chi connectivity index (χ0v) is 9.53. The van der Waals surface area contributed by atoms with Crippen molar-refractivity contribution in [2.24, 2.45) is 11.7 Å². The fourth-order valence-corrected chi connectivity index (χ4v) is 2.16. The Kier molecular flexibility index (Phi) is 3.28. The summed E-state index contributed by atoms with van der Waals surface area (Å²) in [5, 5.41) is 0. The molecule has 1 aromatic carbocycles. The summed E-state index contributed by atoms with van der Waals surface area (Å²) in [6.07, 6.45) is 0.768. The molecular weight excluding hydrogens is 221 g/mol. The standard InChI is InChI=1S/C12H16FN3O/c13-10-1-2-11(14)9(5-10)7-16-4-3-8(6-16)12(15)17/h1-2,5,8H,3-4,6-7,14H2,(H2,15,17). The molecule has 1 aromatic rings. The molecule has 1 atom stereocenters. The van der Waals surface area contributed by atoms with Gasteiger partial charge in [0.25, 0.3) is 0 Å². The molecule has 0 bridgehead atoms. The zero-order chi connectivity index (χ0) is 12.4. The number of halogens is 1. The first-order valence-corrected chi connectivity index (χ1v) is 5.62. The van der Waals surface area contributed by atoms with E-state index in [9.17, 15) is 9.18 Å². The maximum absolute atomic E-state index is 13.1. The van der Waals surface area contributed by atoms with Gasteiger partial charge in [-0.3, -0.25) is 9.69 Å². The van der Waals surface area contributed by atoms with Crippen LogP contribution in [-0.4, -0.2) is 23.9 Å². The molecule has 92 valence electrons. The lowest BCUT2D eigenvalue weighted by molar-refractivity contribution is -0.121. The molecule has 1 unspecified atom stereocenters. The van der Waals surface area contributed by atoms with Gasteiger partial charge in [-0.25, -0.2) is 4.39 Å². The Labute approximate surface area is 99.4 Å². The van der Waals surface area contributed by atoms with Crippen molar-refractivity contribution in [3.8, 4) is 0 Å². The number of carbonyl (C=O) groups is 1. The van der Waals surface area contributed by atoms with Crippen LogP contribution in [-0.2, 0) is 11.3 Å². The van der Waals surface area contributed by atoms with Gasteiger partial charge in [-0.15, -0.1) is 0 Å². The Morgan fingerprint density at radius 2 is 2.29 bits per heavy atom. The number of likely N-dealkylation sites (tertiary alicyclic amines) is 1. The lowest BCUT2D eigenvalue weighted by atomic mass is 10.1. The normalized spacial score (nSPS) is 20.6. The van der Waals surface area contributed by atoms with E-state index in [0.717, 1.165) is 18.5 Å². The highest BCUT2D eigenvalue weighted by Gasteiger charge is 2.26. The third-order valence-corrected chi connectivity index (χ3v) is 3.17. The van der Waals surface area contributed by atoms with Crippen molar-refractivity contribution in [3.63, 3.8) is 0 Å². The Hall–Kier alpha value is -1.62. The summed E-state index contributed by atoms with van der Waals surface area (Å²) in [6.45, 7) is 1.99. The molecular formula is C12H16FN3O. The SMILES string of the molecule is NC(=O)C1CCN(Cc2cc(F)ccc2N)C1. The average molecular weight is 237 g/mol. The van der Waals surface area contributed by atoms with Gasteiger partial charge in [0.2, 0.25) is 5.91 Å². The largest absolute Gasteiger partial charge is 0.398 e. The first-order chi connectivity index (χ1) is 8.06. The molecule has 5 heteroatoms. The number of rotatable bonds is 3. The first-order valence-electron chi connectivity index (χ1n) is 5.62. The fraction of sp³-hybridized carbons (Fsp3) is 0.417. The summed E-state index contributed by atoms with van der Waals surface area (Å²) in [6, 6.07) is 4.34. The van der Waals surface area contributed by atoms with Crippen molar-refractivity contribution < 1.29 is 9.18 Å². The predicted octanol–water partition coefficient (Wildman–Crippen LogP) is 0.715. The quantitative estimate of drug-likeness (QED) is 0.761. The van der Waals surface area contributed by atoms with Gasteiger partial charge in [-0.2, -0.15) is 0 Å². The van der Waals surface area contributed by atoms with Crippen molar-refractivity contribution in [1.82, 2.24) is 4.90 Å². The highest BCUT2D eigenvalue weighted by atomic mass is 19.1. The van der Waals surface area contributed by atoms with Crippen LogP contribution in [0.1, 0.15) is 12.0 Å². The summed E-state index contributed by atoms with van der Waals surface area (Å²) in [7, 11) is 0.